The van der Waals surface area contributed by atoms with Gasteiger partial charge in [-0.05, 0) is 25.0 Å². The second kappa shape index (κ2) is 6.68. The fourth-order valence-corrected chi connectivity index (χ4v) is 2.94. The van der Waals surface area contributed by atoms with Gasteiger partial charge in [0.05, 0.1) is 11.6 Å². The molecule has 3 N–H and O–H groups in total. The number of hydrogen-bond donors (Lipinski definition) is 2. The highest BCUT2D eigenvalue weighted by molar-refractivity contribution is 5.98. The summed E-state index contributed by atoms with van der Waals surface area (Å²) in [5.41, 5.74) is 4.53. The summed E-state index contributed by atoms with van der Waals surface area (Å²) >= 11 is 0. The van der Waals surface area contributed by atoms with Gasteiger partial charge >= 0.3 is 0 Å². The van der Waals surface area contributed by atoms with E-state index in [1.54, 1.807) is 0 Å². The molecule has 110 valence electrons. The Balaban J connectivity index is 1.89. The molecule has 1 aliphatic rings. The Morgan fingerprint density at radius 2 is 1.81 bits per heavy atom. The predicted molar refractivity (Wildman–Crippen MR) is 87.1 cm³/mol. The molecule has 1 aromatic carbocycles. The Bertz CT molecular complexity index is 627. The first-order valence-electron chi connectivity index (χ1n) is 7.77. The molecule has 4 nitrogen and oxygen atoms in total. The number of aliphatic imine (C=N–C) groups is 1. The van der Waals surface area contributed by atoms with Crippen LogP contribution in [0.25, 0.3) is 10.9 Å². The molecule has 0 spiro atoms. The standard InChI is InChI=1S/C17H22N4/c18-21-17(19-14-8-3-1-2-4-9-14)16-12-11-13-7-5-6-10-15(13)20-16/h5-7,10-12,14H,1-4,8-9,18H2,(H,19,21). The van der Waals surface area contributed by atoms with Gasteiger partial charge < -0.3 is 5.43 Å². The zero-order valence-electron chi connectivity index (χ0n) is 12.3. The maximum Gasteiger partial charge on any atom is 0.161 e. The van der Waals surface area contributed by atoms with E-state index < -0.39 is 0 Å². The van der Waals surface area contributed by atoms with E-state index in [1.165, 1.54) is 25.7 Å². The molecule has 0 amide bonds. The number of nitrogens with one attached hydrogen (secondary N) is 1. The quantitative estimate of drug-likeness (QED) is 0.292. The van der Waals surface area contributed by atoms with Gasteiger partial charge in [0.1, 0.15) is 5.69 Å². The van der Waals surface area contributed by atoms with Crippen molar-refractivity contribution < 1.29 is 0 Å². The van der Waals surface area contributed by atoms with Gasteiger partial charge in [0, 0.05) is 5.39 Å². The number of pyridine rings is 1. The van der Waals surface area contributed by atoms with E-state index in [9.17, 15) is 0 Å². The van der Waals surface area contributed by atoms with E-state index in [4.69, 9.17) is 10.8 Å². The third-order valence-electron chi connectivity index (χ3n) is 4.11. The number of amidine groups is 1. The molecule has 0 bridgehead atoms. The highest BCUT2D eigenvalue weighted by Crippen LogP contribution is 2.20. The van der Waals surface area contributed by atoms with Crippen molar-refractivity contribution in [1.82, 2.24) is 10.4 Å². The first-order valence-corrected chi connectivity index (χ1v) is 7.77. The van der Waals surface area contributed by atoms with Gasteiger partial charge in [0.2, 0.25) is 0 Å². The van der Waals surface area contributed by atoms with Crippen LogP contribution < -0.4 is 11.3 Å². The van der Waals surface area contributed by atoms with Crippen LogP contribution in [-0.2, 0) is 0 Å². The zero-order valence-corrected chi connectivity index (χ0v) is 12.3. The first-order chi connectivity index (χ1) is 10.4. The van der Waals surface area contributed by atoms with Crippen molar-refractivity contribution in [1.29, 1.82) is 0 Å². The molecule has 0 aliphatic heterocycles. The third-order valence-corrected chi connectivity index (χ3v) is 4.11. The maximum absolute atomic E-state index is 5.68. The van der Waals surface area contributed by atoms with Crippen molar-refractivity contribution >= 4 is 16.7 Å². The highest BCUT2D eigenvalue weighted by atomic mass is 15.3. The van der Waals surface area contributed by atoms with Crippen molar-refractivity contribution in [3.05, 3.63) is 42.1 Å². The lowest BCUT2D eigenvalue weighted by atomic mass is 10.1. The minimum absolute atomic E-state index is 0.367. The molecule has 0 radical (unpaired) electrons. The van der Waals surface area contributed by atoms with Crippen LogP contribution in [0.2, 0.25) is 0 Å². The molecule has 1 aliphatic carbocycles. The maximum atomic E-state index is 5.68. The largest absolute Gasteiger partial charge is 0.307 e. The first kappa shape index (κ1) is 14.0. The number of rotatable bonds is 2. The van der Waals surface area contributed by atoms with Crippen molar-refractivity contribution in [2.45, 2.75) is 44.6 Å². The second-order valence-corrected chi connectivity index (χ2v) is 5.66. The number of hydrazine groups is 1. The molecule has 0 unspecified atom stereocenters. The van der Waals surface area contributed by atoms with Gasteiger partial charge in [-0.25, -0.2) is 10.8 Å². The molecule has 1 aromatic heterocycles. The molecular weight excluding hydrogens is 260 g/mol. The molecule has 1 heterocycles. The van der Waals surface area contributed by atoms with E-state index in [2.05, 4.69) is 22.5 Å². The molecule has 0 atom stereocenters. The summed E-state index contributed by atoms with van der Waals surface area (Å²) in [6, 6.07) is 12.5. The molecular formula is C17H22N4. The monoisotopic (exact) mass is 282 g/mol. The van der Waals surface area contributed by atoms with E-state index in [1.807, 2.05) is 24.3 Å². The average molecular weight is 282 g/mol. The number of nitrogens with zero attached hydrogens (tertiary/aromatic N) is 2. The van der Waals surface area contributed by atoms with E-state index in [-0.39, 0.29) is 0 Å². The molecule has 1 fully saturated rings. The van der Waals surface area contributed by atoms with Crippen LogP contribution >= 0.6 is 0 Å². The number of benzene rings is 1. The molecule has 21 heavy (non-hydrogen) atoms. The Kier molecular flexibility index (Phi) is 4.46. The van der Waals surface area contributed by atoms with Gasteiger partial charge in [-0.15, -0.1) is 0 Å². The van der Waals surface area contributed by atoms with Gasteiger partial charge in [0.25, 0.3) is 0 Å². The van der Waals surface area contributed by atoms with Crippen LogP contribution in [0.1, 0.15) is 44.2 Å². The van der Waals surface area contributed by atoms with Crippen LogP contribution in [0.4, 0.5) is 0 Å². The smallest absolute Gasteiger partial charge is 0.161 e. The normalized spacial score (nSPS) is 17.7. The minimum atomic E-state index is 0.367. The summed E-state index contributed by atoms with van der Waals surface area (Å²) in [6.45, 7) is 0. The zero-order chi connectivity index (χ0) is 14.5. The van der Waals surface area contributed by atoms with Crippen LogP contribution in [0.5, 0.6) is 0 Å². The van der Waals surface area contributed by atoms with Gasteiger partial charge in [-0.2, -0.15) is 0 Å². The number of nitrogens with two attached hydrogens (primary N) is 1. The number of hydrogen-bond acceptors (Lipinski definition) is 3. The van der Waals surface area contributed by atoms with Crippen molar-refractivity contribution in [3.63, 3.8) is 0 Å². The highest BCUT2D eigenvalue weighted by Gasteiger charge is 2.13. The third kappa shape index (κ3) is 3.39. The molecule has 4 heteroatoms. The topological polar surface area (TPSA) is 63.3 Å². The molecule has 1 saturated carbocycles. The van der Waals surface area contributed by atoms with Crippen molar-refractivity contribution in [2.24, 2.45) is 10.8 Å². The summed E-state index contributed by atoms with van der Waals surface area (Å²) < 4.78 is 0. The lowest BCUT2D eigenvalue weighted by molar-refractivity contribution is 0.583. The minimum Gasteiger partial charge on any atom is -0.307 e. The Hall–Kier alpha value is -1.94. The SMILES string of the molecule is NNC(=NC1CCCCCC1)c1ccc2ccccc2n1. The van der Waals surface area contributed by atoms with Gasteiger partial charge in [-0.1, -0.05) is 49.9 Å². The Morgan fingerprint density at radius 1 is 1.05 bits per heavy atom. The van der Waals surface area contributed by atoms with Crippen LogP contribution in [-0.4, -0.2) is 16.9 Å². The lowest BCUT2D eigenvalue weighted by Crippen LogP contribution is -2.33. The fourth-order valence-electron chi connectivity index (χ4n) is 2.94. The lowest BCUT2D eigenvalue weighted by Gasteiger charge is -2.12. The molecule has 0 saturated heterocycles. The molecule has 2 aromatic rings. The predicted octanol–water partition coefficient (Wildman–Crippen LogP) is 3.17. The number of para-hydroxylation sites is 1. The summed E-state index contributed by atoms with van der Waals surface area (Å²) in [5.74, 6) is 6.39. The fraction of sp³-hybridized carbons (Fsp3) is 0.412. The van der Waals surface area contributed by atoms with Crippen molar-refractivity contribution in [2.75, 3.05) is 0 Å². The molecule has 3 rings (SSSR count). The van der Waals surface area contributed by atoms with Gasteiger partial charge in [0.15, 0.2) is 5.84 Å². The van der Waals surface area contributed by atoms with E-state index in [0.717, 1.165) is 29.4 Å². The van der Waals surface area contributed by atoms with Crippen molar-refractivity contribution in [3.8, 4) is 0 Å². The van der Waals surface area contributed by atoms with Crippen LogP contribution in [0.3, 0.4) is 0 Å². The summed E-state index contributed by atoms with van der Waals surface area (Å²) in [6.07, 6.45) is 7.48. The van der Waals surface area contributed by atoms with Crippen LogP contribution in [0, 0.1) is 0 Å². The summed E-state index contributed by atoms with van der Waals surface area (Å²) in [7, 11) is 0. The summed E-state index contributed by atoms with van der Waals surface area (Å²) in [5, 5.41) is 1.13. The van der Waals surface area contributed by atoms with Gasteiger partial charge in [-0.3, -0.25) is 4.99 Å². The summed E-state index contributed by atoms with van der Waals surface area (Å²) in [4.78, 5) is 9.47. The number of aromatic nitrogens is 1. The average Bonchev–Trinajstić information content (AvgIpc) is 2.81. The Morgan fingerprint density at radius 3 is 2.57 bits per heavy atom. The van der Waals surface area contributed by atoms with E-state index >= 15 is 0 Å². The van der Waals surface area contributed by atoms with E-state index in [0.29, 0.717) is 11.9 Å². The van der Waals surface area contributed by atoms with Crippen LogP contribution in [0.15, 0.2) is 41.4 Å². The number of fused-ring (bicyclic) bond motifs is 1. The second-order valence-electron chi connectivity index (χ2n) is 5.66. The Labute approximate surface area is 125 Å².